The Balaban J connectivity index is 0.00000200. The number of piperazine rings is 1. The predicted molar refractivity (Wildman–Crippen MR) is 77.2 cm³/mol. The molecular weight excluding hydrogens is 286 g/mol. The van der Waals surface area contributed by atoms with E-state index in [1.807, 2.05) is 0 Å². The molecule has 2 N–H and O–H groups in total. The molecule has 1 aliphatic heterocycles. The number of aliphatic hydroxyl groups is 1. The lowest BCUT2D eigenvalue weighted by molar-refractivity contribution is 0.138. The van der Waals surface area contributed by atoms with Crippen LogP contribution in [0.4, 0.5) is 8.78 Å². The molecule has 0 aromatic heterocycles. The van der Waals surface area contributed by atoms with Gasteiger partial charge >= 0.3 is 0 Å². The van der Waals surface area contributed by atoms with E-state index in [1.54, 1.807) is 19.1 Å². The van der Waals surface area contributed by atoms with Crippen molar-refractivity contribution in [1.29, 1.82) is 0 Å². The summed E-state index contributed by atoms with van der Waals surface area (Å²) in [6.45, 7) is 4.73. The Bertz CT molecular complexity index is 439. The highest BCUT2D eigenvalue weighted by Gasteiger charge is 2.25. The van der Waals surface area contributed by atoms with Crippen LogP contribution in [0.5, 0.6) is 0 Å². The minimum Gasteiger partial charge on any atom is -0.396 e. The minimum atomic E-state index is -0.782. The lowest BCUT2D eigenvalue weighted by Crippen LogP contribution is -2.45. The molecule has 0 bridgehead atoms. The molecule has 6 heteroatoms. The van der Waals surface area contributed by atoms with Crippen LogP contribution in [0.1, 0.15) is 23.6 Å². The van der Waals surface area contributed by atoms with Crippen molar-refractivity contribution in [3.63, 3.8) is 0 Å². The molecule has 1 aliphatic rings. The van der Waals surface area contributed by atoms with Gasteiger partial charge in [0.05, 0.1) is 0 Å². The number of hydrogen-bond acceptors (Lipinski definition) is 3. The molecule has 1 fully saturated rings. The Morgan fingerprint density at radius 1 is 1.25 bits per heavy atom. The molecule has 3 nitrogen and oxygen atoms in total. The average Bonchev–Trinajstić information content (AvgIpc) is 2.44. The summed E-state index contributed by atoms with van der Waals surface area (Å²) < 4.78 is 27.8. The monoisotopic (exact) mass is 306 g/mol. The Morgan fingerprint density at radius 3 is 2.50 bits per heavy atom. The minimum absolute atomic E-state index is 0. The van der Waals surface area contributed by atoms with Crippen LogP contribution in [0.3, 0.4) is 0 Å². The van der Waals surface area contributed by atoms with Crippen molar-refractivity contribution in [2.45, 2.75) is 19.4 Å². The van der Waals surface area contributed by atoms with E-state index in [0.29, 0.717) is 17.5 Å². The zero-order valence-electron chi connectivity index (χ0n) is 11.5. The number of hydrogen-bond donors (Lipinski definition) is 2. The lowest BCUT2D eigenvalue weighted by atomic mass is 9.99. The summed E-state index contributed by atoms with van der Waals surface area (Å²) in [5, 5.41) is 12.4. The molecule has 1 aromatic carbocycles. The third kappa shape index (κ3) is 3.67. The van der Waals surface area contributed by atoms with E-state index in [2.05, 4.69) is 10.2 Å². The van der Waals surface area contributed by atoms with E-state index in [1.165, 1.54) is 0 Å². The van der Waals surface area contributed by atoms with Gasteiger partial charge in [-0.15, -0.1) is 12.4 Å². The van der Waals surface area contributed by atoms with Gasteiger partial charge in [-0.1, -0.05) is 12.1 Å². The number of nitrogens with zero attached hydrogens (tertiary/aromatic N) is 1. The normalized spacial score (nSPS) is 17.6. The van der Waals surface area contributed by atoms with Gasteiger partial charge in [-0.3, -0.25) is 4.90 Å². The van der Waals surface area contributed by atoms with Crippen molar-refractivity contribution in [2.75, 3.05) is 32.8 Å². The quantitative estimate of drug-likeness (QED) is 0.893. The molecule has 0 spiro atoms. The smallest absolute Gasteiger partial charge is 0.163 e. The van der Waals surface area contributed by atoms with Crippen molar-refractivity contribution in [3.8, 4) is 0 Å². The number of aryl methyl sites for hydroxylation is 1. The van der Waals surface area contributed by atoms with Gasteiger partial charge < -0.3 is 10.4 Å². The van der Waals surface area contributed by atoms with Gasteiger partial charge in [0, 0.05) is 44.4 Å². The zero-order valence-corrected chi connectivity index (χ0v) is 12.3. The number of nitrogens with one attached hydrogen (secondary N) is 1. The lowest BCUT2D eigenvalue weighted by Gasteiger charge is -2.35. The second-order valence-electron chi connectivity index (χ2n) is 4.91. The third-order valence-corrected chi connectivity index (χ3v) is 3.66. The Hall–Kier alpha value is -0.750. The van der Waals surface area contributed by atoms with Crippen LogP contribution >= 0.6 is 12.4 Å². The van der Waals surface area contributed by atoms with Gasteiger partial charge in [0.15, 0.2) is 11.6 Å². The van der Waals surface area contributed by atoms with Crippen LogP contribution in [0, 0.1) is 18.6 Å². The van der Waals surface area contributed by atoms with Crippen molar-refractivity contribution in [1.82, 2.24) is 10.2 Å². The van der Waals surface area contributed by atoms with Crippen LogP contribution in [-0.2, 0) is 0 Å². The van der Waals surface area contributed by atoms with E-state index in [4.69, 9.17) is 0 Å². The van der Waals surface area contributed by atoms with Crippen molar-refractivity contribution in [3.05, 3.63) is 34.9 Å². The van der Waals surface area contributed by atoms with Gasteiger partial charge in [0.1, 0.15) is 0 Å². The highest BCUT2D eigenvalue weighted by atomic mass is 35.5. The average molecular weight is 307 g/mol. The molecule has 1 aromatic rings. The second-order valence-corrected chi connectivity index (χ2v) is 4.91. The first-order chi connectivity index (χ1) is 9.15. The summed E-state index contributed by atoms with van der Waals surface area (Å²) in [5.74, 6) is -1.56. The van der Waals surface area contributed by atoms with E-state index in [0.717, 1.165) is 26.2 Å². The summed E-state index contributed by atoms with van der Waals surface area (Å²) in [6.07, 6.45) is 0.416. The van der Waals surface area contributed by atoms with E-state index in [9.17, 15) is 13.9 Å². The van der Waals surface area contributed by atoms with Crippen LogP contribution in [0.15, 0.2) is 12.1 Å². The number of aliphatic hydroxyl groups excluding tert-OH is 1. The standard InChI is InChI=1S/C14H20F2N2O.ClH/c1-10-2-3-11(14(16)13(10)15)12(4-9-19)18-7-5-17-6-8-18;/h2-3,12,17,19H,4-9H2,1H3;1H/t12-;/m1./s1. The van der Waals surface area contributed by atoms with Gasteiger partial charge in [-0.05, 0) is 18.9 Å². The summed E-state index contributed by atoms with van der Waals surface area (Å²) >= 11 is 0. The first-order valence-electron chi connectivity index (χ1n) is 6.65. The molecule has 0 saturated carbocycles. The summed E-state index contributed by atoms with van der Waals surface area (Å²) in [7, 11) is 0. The Kier molecular flexibility index (Phi) is 6.82. The van der Waals surface area contributed by atoms with Crippen LogP contribution in [0.2, 0.25) is 0 Å². The fourth-order valence-corrected chi connectivity index (χ4v) is 2.57. The largest absolute Gasteiger partial charge is 0.396 e. The van der Waals surface area contributed by atoms with Crippen molar-refractivity contribution in [2.24, 2.45) is 0 Å². The molecule has 0 aliphatic carbocycles. The van der Waals surface area contributed by atoms with Crippen molar-refractivity contribution >= 4 is 12.4 Å². The maximum Gasteiger partial charge on any atom is 0.163 e. The van der Waals surface area contributed by atoms with Gasteiger partial charge in [-0.25, -0.2) is 8.78 Å². The van der Waals surface area contributed by atoms with Gasteiger partial charge in [0.2, 0.25) is 0 Å². The molecule has 20 heavy (non-hydrogen) atoms. The number of halogens is 3. The molecule has 2 rings (SSSR count). The summed E-state index contributed by atoms with van der Waals surface area (Å²) in [5.41, 5.74) is 0.656. The van der Waals surface area contributed by atoms with Crippen molar-refractivity contribution < 1.29 is 13.9 Å². The first kappa shape index (κ1) is 17.3. The molecule has 114 valence electrons. The molecule has 0 unspecified atom stereocenters. The number of rotatable bonds is 4. The molecule has 1 heterocycles. The second kappa shape index (κ2) is 7.88. The maximum absolute atomic E-state index is 14.1. The fourth-order valence-electron chi connectivity index (χ4n) is 2.57. The maximum atomic E-state index is 14.1. The summed E-state index contributed by atoms with van der Waals surface area (Å²) in [6, 6.07) is 2.97. The highest BCUT2D eigenvalue weighted by Crippen LogP contribution is 2.29. The molecular formula is C14H21ClF2N2O. The molecule has 1 saturated heterocycles. The molecule has 1 atom stereocenters. The van der Waals surface area contributed by atoms with Gasteiger partial charge in [-0.2, -0.15) is 0 Å². The number of benzene rings is 1. The zero-order chi connectivity index (χ0) is 13.8. The van der Waals surface area contributed by atoms with E-state index >= 15 is 0 Å². The summed E-state index contributed by atoms with van der Waals surface area (Å²) in [4.78, 5) is 2.10. The van der Waals surface area contributed by atoms with E-state index in [-0.39, 0.29) is 25.1 Å². The van der Waals surface area contributed by atoms with Crippen LogP contribution in [-0.4, -0.2) is 42.8 Å². The predicted octanol–water partition coefficient (Wildman–Crippen LogP) is 2.02. The topological polar surface area (TPSA) is 35.5 Å². The Morgan fingerprint density at radius 2 is 1.90 bits per heavy atom. The SMILES string of the molecule is Cc1ccc([C@@H](CCO)N2CCNCC2)c(F)c1F.Cl. The highest BCUT2D eigenvalue weighted by molar-refractivity contribution is 5.85. The third-order valence-electron chi connectivity index (χ3n) is 3.66. The van der Waals surface area contributed by atoms with E-state index < -0.39 is 11.6 Å². The molecule has 0 amide bonds. The van der Waals surface area contributed by atoms with Crippen LogP contribution in [0.25, 0.3) is 0 Å². The molecule has 0 radical (unpaired) electrons. The van der Waals surface area contributed by atoms with Crippen LogP contribution < -0.4 is 5.32 Å². The Labute approximate surface area is 124 Å². The first-order valence-corrected chi connectivity index (χ1v) is 6.65. The fraction of sp³-hybridized carbons (Fsp3) is 0.571. The van der Waals surface area contributed by atoms with Gasteiger partial charge in [0.25, 0.3) is 0 Å².